The van der Waals surface area contributed by atoms with Crippen molar-refractivity contribution in [3.63, 3.8) is 0 Å². The van der Waals surface area contributed by atoms with Gasteiger partial charge in [-0.25, -0.2) is 9.48 Å². The fourth-order valence-electron chi connectivity index (χ4n) is 3.40. The Hall–Kier alpha value is -3.65. The summed E-state index contributed by atoms with van der Waals surface area (Å²) in [5.74, 6) is -0.109. The van der Waals surface area contributed by atoms with Crippen LogP contribution in [0.2, 0.25) is 0 Å². The fraction of sp³-hybridized carbons (Fsp3) is 0.261. The lowest BCUT2D eigenvalue weighted by Crippen LogP contribution is -2.35. The number of nitrogens with zero attached hydrogens (tertiary/aromatic N) is 2. The molecule has 2 aromatic carbocycles. The highest BCUT2D eigenvalue weighted by Gasteiger charge is 2.16. The number of hydrogen-bond acceptors (Lipinski definition) is 4. The topological polar surface area (TPSA) is 97.3 Å². The molecule has 8 nitrogen and oxygen atoms in total. The standard InChI is InChI=1S/C23H25N5O3/c29-22(15-17-4-10-20(11-5-17)28-13-2-12-25-28)26-18-6-8-19(9-7-18)27-23(30)24-16-21-3-1-14-31-21/h2,4-13,21H,1,3,14-16H2,(H,26,29)(H2,24,27,30)/t21-/m1/s1. The molecule has 4 rings (SSSR count). The summed E-state index contributed by atoms with van der Waals surface area (Å²) in [4.78, 5) is 24.3. The van der Waals surface area contributed by atoms with Crippen molar-refractivity contribution in [1.82, 2.24) is 15.1 Å². The molecule has 1 atom stereocenters. The third-order valence-electron chi connectivity index (χ3n) is 5.01. The first-order valence-corrected chi connectivity index (χ1v) is 10.3. The number of carbonyl (C=O) groups excluding carboxylic acids is 2. The van der Waals surface area contributed by atoms with Gasteiger partial charge in [0.25, 0.3) is 0 Å². The Balaban J connectivity index is 1.23. The van der Waals surface area contributed by atoms with Crippen LogP contribution in [0.4, 0.5) is 16.2 Å². The van der Waals surface area contributed by atoms with Crippen LogP contribution >= 0.6 is 0 Å². The highest BCUT2D eigenvalue weighted by atomic mass is 16.5. The number of hydrogen-bond donors (Lipinski definition) is 3. The average Bonchev–Trinajstić information content (AvgIpc) is 3.49. The van der Waals surface area contributed by atoms with E-state index >= 15 is 0 Å². The summed E-state index contributed by atoms with van der Waals surface area (Å²) in [6.07, 6.45) is 5.98. The Morgan fingerprint density at radius 1 is 1.03 bits per heavy atom. The Morgan fingerprint density at radius 3 is 2.42 bits per heavy atom. The van der Waals surface area contributed by atoms with Crippen LogP contribution in [-0.2, 0) is 16.0 Å². The van der Waals surface area contributed by atoms with Gasteiger partial charge in [0.1, 0.15) is 0 Å². The number of nitrogens with one attached hydrogen (secondary N) is 3. The number of rotatable bonds is 7. The van der Waals surface area contributed by atoms with E-state index in [2.05, 4.69) is 21.0 Å². The zero-order valence-corrected chi connectivity index (χ0v) is 17.1. The van der Waals surface area contributed by atoms with Crippen molar-refractivity contribution in [2.75, 3.05) is 23.8 Å². The number of benzene rings is 2. The van der Waals surface area contributed by atoms with Gasteiger partial charge in [-0.1, -0.05) is 12.1 Å². The molecule has 1 aliphatic heterocycles. The van der Waals surface area contributed by atoms with Gasteiger partial charge in [0, 0.05) is 36.9 Å². The Labute approximate surface area is 180 Å². The quantitative estimate of drug-likeness (QED) is 0.547. The van der Waals surface area contributed by atoms with Crippen molar-refractivity contribution in [2.24, 2.45) is 0 Å². The number of urea groups is 1. The summed E-state index contributed by atoms with van der Waals surface area (Å²) >= 11 is 0. The van der Waals surface area contributed by atoms with Gasteiger partial charge < -0.3 is 20.7 Å². The Bertz CT molecular complexity index is 995. The average molecular weight is 419 g/mol. The molecule has 31 heavy (non-hydrogen) atoms. The predicted molar refractivity (Wildman–Crippen MR) is 118 cm³/mol. The molecule has 2 heterocycles. The number of anilines is 2. The van der Waals surface area contributed by atoms with Gasteiger partial charge >= 0.3 is 6.03 Å². The number of ether oxygens (including phenoxy) is 1. The van der Waals surface area contributed by atoms with Crippen LogP contribution in [0.25, 0.3) is 5.69 Å². The van der Waals surface area contributed by atoms with Crippen molar-refractivity contribution < 1.29 is 14.3 Å². The lowest BCUT2D eigenvalue weighted by molar-refractivity contribution is -0.115. The molecular weight excluding hydrogens is 394 g/mol. The molecule has 0 aliphatic carbocycles. The first-order valence-electron chi connectivity index (χ1n) is 10.3. The normalized spacial score (nSPS) is 15.4. The number of carbonyl (C=O) groups is 2. The van der Waals surface area contributed by atoms with Crippen LogP contribution in [0.15, 0.2) is 67.0 Å². The van der Waals surface area contributed by atoms with Gasteiger partial charge in [-0.2, -0.15) is 5.10 Å². The lowest BCUT2D eigenvalue weighted by Gasteiger charge is -2.12. The van der Waals surface area contributed by atoms with E-state index in [0.29, 0.717) is 17.9 Å². The first-order chi connectivity index (χ1) is 15.2. The molecule has 0 saturated carbocycles. The van der Waals surface area contributed by atoms with Crippen molar-refractivity contribution in [2.45, 2.75) is 25.4 Å². The largest absolute Gasteiger partial charge is 0.376 e. The predicted octanol–water partition coefficient (Wildman–Crippen LogP) is 3.35. The van der Waals surface area contributed by atoms with Crippen molar-refractivity contribution in [1.29, 1.82) is 0 Å². The molecule has 1 saturated heterocycles. The minimum atomic E-state index is -0.272. The molecular formula is C23H25N5O3. The van der Waals surface area contributed by atoms with Crippen molar-refractivity contribution in [3.05, 3.63) is 72.6 Å². The van der Waals surface area contributed by atoms with E-state index in [1.165, 1.54) is 0 Å². The molecule has 8 heteroatoms. The van der Waals surface area contributed by atoms with Gasteiger partial charge in [0.15, 0.2) is 0 Å². The van der Waals surface area contributed by atoms with Gasteiger partial charge in [-0.05, 0) is 60.9 Å². The highest BCUT2D eigenvalue weighted by molar-refractivity contribution is 5.93. The zero-order chi connectivity index (χ0) is 21.5. The smallest absolute Gasteiger partial charge is 0.319 e. The summed E-state index contributed by atoms with van der Waals surface area (Å²) in [6, 6.07) is 16.3. The van der Waals surface area contributed by atoms with Crippen LogP contribution in [0, 0.1) is 0 Å². The fourth-order valence-corrected chi connectivity index (χ4v) is 3.40. The van der Waals surface area contributed by atoms with Gasteiger partial charge in [0.05, 0.1) is 18.2 Å². The molecule has 0 unspecified atom stereocenters. The molecule has 3 amide bonds. The molecule has 0 radical (unpaired) electrons. The molecule has 160 valence electrons. The highest BCUT2D eigenvalue weighted by Crippen LogP contribution is 2.15. The summed E-state index contributed by atoms with van der Waals surface area (Å²) in [6.45, 7) is 1.26. The summed E-state index contributed by atoms with van der Waals surface area (Å²) in [5, 5.41) is 12.6. The maximum atomic E-state index is 12.3. The zero-order valence-electron chi connectivity index (χ0n) is 17.1. The van der Waals surface area contributed by atoms with Crippen LogP contribution in [-0.4, -0.2) is 41.0 Å². The van der Waals surface area contributed by atoms with E-state index in [-0.39, 0.29) is 24.5 Å². The second-order valence-corrected chi connectivity index (χ2v) is 7.39. The maximum Gasteiger partial charge on any atom is 0.319 e. The molecule has 1 fully saturated rings. The minimum Gasteiger partial charge on any atom is -0.376 e. The minimum absolute atomic E-state index is 0.102. The molecule has 0 spiro atoms. The summed E-state index contributed by atoms with van der Waals surface area (Å²) in [5.41, 5.74) is 3.17. The first kappa shape index (κ1) is 20.6. The van der Waals surface area contributed by atoms with Crippen molar-refractivity contribution >= 4 is 23.3 Å². The molecule has 3 N–H and O–H groups in total. The monoisotopic (exact) mass is 419 g/mol. The molecule has 1 aliphatic rings. The number of amides is 3. The molecule has 3 aromatic rings. The van der Waals surface area contributed by atoms with E-state index in [0.717, 1.165) is 30.7 Å². The van der Waals surface area contributed by atoms with Crippen LogP contribution in [0.1, 0.15) is 18.4 Å². The van der Waals surface area contributed by atoms with E-state index < -0.39 is 0 Å². The van der Waals surface area contributed by atoms with Gasteiger partial charge in [-0.15, -0.1) is 0 Å². The second kappa shape index (κ2) is 9.90. The van der Waals surface area contributed by atoms with Crippen LogP contribution in [0.3, 0.4) is 0 Å². The van der Waals surface area contributed by atoms with Crippen molar-refractivity contribution in [3.8, 4) is 5.69 Å². The van der Waals surface area contributed by atoms with E-state index in [1.54, 1.807) is 35.1 Å². The van der Waals surface area contributed by atoms with Gasteiger partial charge in [-0.3, -0.25) is 4.79 Å². The van der Waals surface area contributed by atoms with Crippen LogP contribution < -0.4 is 16.0 Å². The summed E-state index contributed by atoms with van der Waals surface area (Å²) in [7, 11) is 0. The van der Waals surface area contributed by atoms with E-state index in [4.69, 9.17) is 4.74 Å². The molecule has 0 bridgehead atoms. The molecule has 1 aromatic heterocycles. The Morgan fingerprint density at radius 2 is 1.77 bits per heavy atom. The maximum absolute atomic E-state index is 12.3. The van der Waals surface area contributed by atoms with Gasteiger partial charge in [0.2, 0.25) is 5.91 Å². The summed E-state index contributed by atoms with van der Waals surface area (Å²) < 4.78 is 7.25. The lowest BCUT2D eigenvalue weighted by atomic mass is 10.1. The Kier molecular flexibility index (Phi) is 6.59. The van der Waals surface area contributed by atoms with Crippen LogP contribution in [0.5, 0.6) is 0 Å². The van der Waals surface area contributed by atoms with E-state index in [1.807, 2.05) is 36.5 Å². The third-order valence-corrected chi connectivity index (χ3v) is 5.01. The van der Waals surface area contributed by atoms with E-state index in [9.17, 15) is 9.59 Å². The number of aromatic nitrogens is 2. The second-order valence-electron chi connectivity index (χ2n) is 7.39. The SMILES string of the molecule is O=C(Cc1ccc(-n2cccn2)cc1)Nc1ccc(NC(=O)NC[C@H]2CCCO2)cc1. The third kappa shape index (κ3) is 5.93.